The third-order valence-electron chi connectivity index (χ3n) is 2.44. The maximum absolute atomic E-state index is 13.4. The summed E-state index contributed by atoms with van der Waals surface area (Å²) in [5, 5.41) is 5.99. The van der Waals surface area contributed by atoms with Gasteiger partial charge in [-0.05, 0) is 13.0 Å². The predicted octanol–water partition coefficient (Wildman–Crippen LogP) is 3.27. The molecule has 1 atom stereocenters. The van der Waals surface area contributed by atoms with Crippen LogP contribution in [0.3, 0.4) is 0 Å². The van der Waals surface area contributed by atoms with Crippen LogP contribution in [0.25, 0.3) is 0 Å². The van der Waals surface area contributed by atoms with Crippen LogP contribution in [0.1, 0.15) is 23.5 Å². The van der Waals surface area contributed by atoms with E-state index in [9.17, 15) is 8.78 Å². The average Bonchev–Trinajstić information content (AvgIpc) is 2.81. The van der Waals surface area contributed by atoms with E-state index in [1.165, 1.54) is 12.1 Å². The van der Waals surface area contributed by atoms with Crippen LogP contribution in [0, 0.1) is 11.6 Å². The minimum absolute atomic E-state index is 0.0550. The second kappa shape index (κ2) is 5.33. The van der Waals surface area contributed by atoms with Crippen LogP contribution in [0.4, 0.5) is 8.78 Å². The monoisotopic (exact) mass is 254 g/mol. The maximum Gasteiger partial charge on any atom is 0.130 e. The Labute approximate surface area is 102 Å². The number of hydrogen-bond acceptors (Lipinski definition) is 3. The number of halogens is 2. The molecule has 1 aromatic heterocycles. The van der Waals surface area contributed by atoms with Gasteiger partial charge in [0.15, 0.2) is 0 Å². The van der Waals surface area contributed by atoms with E-state index in [4.69, 9.17) is 0 Å². The normalized spacial score (nSPS) is 12.6. The van der Waals surface area contributed by atoms with Gasteiger partial charge in [-0.25, -0.2) is 13.8 Å². The summed E-state index contributed by atoms with van der Waals surface area (Å²) in [7, 11) is 0. The third-order valence-corrected chi connectivity index (χ3v) is 3.39. The first-order valence-electron chi connectivity index (χ1n) is 5.23. The molecule has 2 aromatic rings. The molecule has 0 amide bonds. The zero-order valence-electron chi connectivity index (χ0n) is 9.28. The van der Waals surface area contributed by atoms with Crippen LogP contribution in [-0.2, 0) is 6.54 Å². The fraction of sp³-hybridized carbons (Fsp3) is 0.250. The Bertz CT molecular complexity index is 485. The van der Waals surface area contributed by atoms with Crippen molar-refractivity contribution in [3.63, 3.8) is 0 Å². The van der Waals surface area contributed by atoms with Gasteiger partial charge in [0.25, 0.3) is 0 Å². The van der Waals surface area contributed by atoms with Crippen molar-refractivity contribution in [1.82, 2.24) is 10.3 Å². The summed E-state index contributed by atoms with van der Waals surface area (Å²) in [5.41, 5.74) is 0.454. The van der Waals surface area contributed by atoms with E-state index in [1.807, 2.05) is 12.3 Å². The number of thiazole rings is 1. The number of rotatable bonds is 4. The van der Waals surface area contributed by atoms with Gasteiger partial charge < -0.3 is 5.32 Å². The molecule has 0 aliphatic heterocycles. The van der Waals surface area contributed by atoms with Gasteiger partial charge in [-0.2, -0.15) is 0 Å². The molecule has 1 unspecified atom stereocenters. The van der Waals surface area contributed by atoms with Gasteiger partial charge in [0, 0.05) is 29.8 Å². The molecule has 2 rings (SSSR count). The van der Waals surface area contributed by atoms with E-state index >= 15 is 0 Å². The number of aromatic nitrogens is 1. The minimum atomic E-state index is -0.556. The summed E-state index contributed by atoms with van der Waals surface area (Å²) in [5.74, 6) is -1.08. The minimum Gasteiger partial charge on any atom is -0.304 e. The van der Waals surface area contributed by atoms with Crippen LogP contribution in [0.2, 0.25) is 0 Å². The Morgan fingerprint density at radius 1 is 1.41 bits per heavy atom. The average molecular weight is 254 g/mol. The molecule has 0 bridgehead atoms. The Balaban J connectivity index is 1.98. The summed E-state index contributed by atoms with van der Waals surface area (Å²) in [6.07, 6.45) is 1.73. The van der Waals surface area contributed by atoms with Crippen molar-refractivity contribution in [3.05, 3.63) is 52.0 Å². The fourth-order valence-corrected chi connectivity index (χ4v) is 2.13. The molecule has 0 aliphatic carbocycles. The summed E-state index contributed by atoms with van der Waals surface area (Å²) in [6.45, 7) is 2.31. The van der Waals surface area contributed by atoms with Crippen molar-refractivity contribution in [2.75, 3.05) is 0 Å². The zero-order chi connectivity index (χ0) is 12.3. The Morgan fingerprint density at radius 3 is 2.88 bits per heavy atom. The van der Waals surface area contributed by atoms with Gasteiger partial charge in [-0.3, -0.25) is 0 Å². The molecule has 90 valence electrons. The first-order chi connectivity index (χ1) is 8.16. The van der Waals surface area contributed by atoms with Crippen molar-refractivity contribution >= 4 is 11.3 Å². The summed E-state index contributed by atoms with van der Waals surface area (Å²) in [4.78, 5) is 4.17. The number of hydrogen-bond donors (Lipinski definition) is 1. The van der Waals surface area contributed by atoms with Crippen molar-refractivity contribution in [2.24, 2.45) is 0 Å². The molecule has 1 aromatic carbocycles. The number of nitrogens with one attached hydrogen (secondary N) is 1. The molecule has 0 fully saturated rings. The molecule has 1 N–H and O–H groups in total. The smallest absolute Gasteiger partial charge is 0.130 e. The second-order valence-electron chi connectivity index (χ2n) is 3.71. The van der Waals surface area contributed by atoms with Gasteiger partial charge in [-0.15, -0.1) is 11.3 Å². The summed E-state index contributed by atoms with van der Waals surface area (Å²) < 4.78 is 26.1. The highest BCUT2D eigenvalue weighted by Crippen LogP contribution is 2.16. The number of nitrogens with zero attached hydrogens (tertiary/aromatic N) is 1. The van der Waals surface area contributed by atoms with E-state index in [2.05, 4.69) is 10.3 Å². The molecule has 17 heavy (non-hydrogen) atoms. The number of benzene rings is 1. The molecule has 2 nitrogen and oxygen atoms in total. The van der Waals surface area contributed by atoms with Crippen LogP contribution in [0.15, 0.2) is 29.8 Å². The van der Waals surface area contributed by atoms with Gasteiger partial charge in [0.2, 0.25) is 0 Å². The lowest BCUT2D eigenvalue weighted by Crippen LogP contribution is -2.18. The van der Waals surface area contributed by atoms with Crippen molar-refractivity contribution in [2.45, 2.75) is 19.5 Å². The fourth-order valence-electron chi connectivity index (χ4n) is 1.46. The van der Waals surface area contributed by atoms with Crippen molar-refractivity contribution in [1.29, 1.82) is 0 Å². The Morgan fingerprint density at radius 2 is 2.24 bits per heavy atom. The predicted molar refractivity (Wildman–Crippen MR) is 63.7 cm³/mol. The van der Waals surface area contributed by atoms with Crippen molar-refractivity contribution < 1.29 is 8.78 Å². The molecule has 0 radical (unpaired) electrons. The molecule has 5 heteroatoms. The van der Waals surface area contributed by atoms with Gasteiger partial charge in [0.05, 0.1) is 6.04 Å². The highest BCUT2D eigenvalue weighted by molar-refractivity contribution is 7.09. The van der Waals surface area contributed by atoms with Gasteiger partial charge in [0.1, 0.15) is 16.6 Å². The highest BCUT2D eigenvalue weighted by atomic mass is 32.1. The first-order valence-corrected chi connectivity index (χ1v) is 6.11. The van der Waals surface area contributed by atoms with Gasteiger partial charge in [-0.1, -0.05) is 6.07 Å². The van der Waals surface area contributed by atoms with Gasteiger partial charge >= 0.3 is 0 Å². The van der Waals surface area contributed by atoms with E-state index in [0.717, 1.165) is 11.1 Å². The molecule has 0 aliphatic rings. The zero-order valence-corrected chi connectivity index (χ0v) is 10.1. The summed E-state index contributed by atoms with van der Waals surface area (Å²) in [6, 6.07) is 3.66. The lowest BCUT2D eigenvalue weighted by atomic mass is 10.2. The van der Waals surface area contributed by atoms with E-state index in [1.54, 1.807) is 17.5 Å². The lowest BCUT2D eigenvalue weighted by molar-refractivity contribution is 0.532. The molecule has 0 saturated heterocycles. The van der Waals surface area contributed by atoms with Crippen LogP contribution in [-0.4, -0.2) is 4.98 Å². The maximum atomic E-state index is 13.4. The molecular formula is C12H12F2N2S. The summed E-state index contributed by atoms with van der Waals surface area (Å²) >= 11 is 1.55. The molecule has 0 spiro atoms. The first kappa shape index (κ1) is 12.1. The molecule has 1 heterocycles. The second-order valence-corrected chi connectivity index (χ2v) is 4.63. The van der Waals surface area contributed by atoms with E-state index < -0.39 is 11.6 Å². The van der Waals surface area contributed by atoms with Crippen LogP contribution < -0.4 is 5.32 Å². The molecular weight excluding hydrogens is 242 g/mol. The SMILES string of the molecule is CC(NCc1ccc(F)cc1F)c1nccs1. The largest absolute Gasteiger partial charge is 0.304 e. The van der Waals surface area contributed by atoms with Crippen molar-refractivity contribution in [3.8, 4) is 0 Å². The Hall–Kier alpha value is -1.33. The third kappa shape index (κ3) is 3.08. The Kier molecular flexibility index (Phi) is 3.81. The van der Waals surface area contributed by atoms with E-state index in [0.29, 0.717) is 12.1 Å². The molecule has 0 saturated carbocycles. The highest BCUT2D eigenvalue weighted by Gasteiger charge is 2.09. The van der Waals surface area contributed by atoms with Crippen LogP contribution >= 0.6 is 11.3 Å². The van der Waals surface area contributed by atoms with E-state index in [-0.39, 0.29) is 6.04 Å². The quantitative estimate of drug-likeness (QED) is 0.905. The standard InChI is InChI=1S/C12H12F2N2S/c1-8(12-15-4-5-17-12)16-7-9-2-3-10(13)6-11(9)14/h2-6,8,16H,7H2,1H3. The van der Waals surface area contributed by atoms with Crippen LogP contribution in [0.5, 0.6) is 0 Å². The topological polar surface area (TPSA) is 24.9 Å². The lowest BCUT2D eigenvalue weighted by Gasteiger charge is -2.11.